The van der Waals surface area contributed by atoms with Crippen molar-refractivity contribution in [1.29, 1.82) is 0 Å². The molecule has 0 aliphatic carbocycles. The summed E-state index contributed by atoms with van der Waals surface area (Å²) in [6, 6.07) is 5.35. The lowest BCUT2D eigenvalue weighted by molar-refractivity contribution is -0.0959. The van der Waals surface area contributed by atoms with Crippen LogP contribution in [0.5, 0.6) is 11.5 Å². The topological polar surface area (TPSA) is 44.8 Å². The van der Waals surface area contributed by atoms with Crippen LogP contribution in [0.3, 0.4) is 0 Å². The molecule has 2 fully saturated rings. The molecule has 4 nitrogen and oxygen atoms in total. The first kappa shape index (κ1) is 14.7. The predicted octanol–water partition coefficient (Wildman–Crippen LogP) is 2.94. The molecule has 1 aromatic rings. The Morgan fingerprint density at radius 1 is 1.48 bits per heavy atom. The van der Waals surface area contributed by atoms with Crippen LogP contribution in [0.25, 0.3) is 0 Å². The first-order valence-corrected chi connectivity index (χ1v) is 8.42. The smallest absolute Gasteiger partial charge is 0.153 e. The summed E-state index contributed by atoms with van der Waals surface area (Å²) in [5.74, 6) is 3.52. The lowest BCUT2D eigenvalue weighted by Gasteiger charge is -2.37. The van der Waals surface area contributed by atoms with Gasteiger partial charge in [0.25, 0.3) is 0 Å². The monoisotopic (exact) mass is 308 g/mol. The Labute approximate surface area is 129 Å². The summed E-state index contributed by atoms with van der Waals surface area (Å²) in [6.07, 6.45) is 3.81. The third-order valence-corrected chi connectivity index (χ3v) is 5.38. The molecule has 1 aromatic carbocycles. The van der Waals surface area contributed by atoms with Crippen molar-refractivity contribution < 1.29 is 19.0 Å². The van der Waals surface area contributed by atoms with Crippen LogP contribution in [0, 0.1) is 0 Å². The fourth-order valence-electron chi connectivity index (χ4n) is 2.98. The molecule has 2 saturated heterocycles. The minimum atomic E-state index is -0.0125. The Balaban J connectivity index is 1.72. The summed E-state index contributed by atoms with van der Waals surface area (Å²) in [4.78, 5) is 11.2. The molecule has 0 aromatic heterocycles. The van der Waals surface area contributed by atoms with Gasteiger partial charge in [0, 0.05) is 18.6 Å². The first-order chi connectivity index (χ1) is 10.2. The van der Waals surface area contributed by atoms with E-state index >= 15 is 0 Å². The number of methoxy groups -OCH3 is 1. The van der Waals surface area contributed by atoms with Gasteiger partial charge in [0.15, 0.2) is 6.29 Å². The molecule has 2 aliphatic rings. The highest BCUT2D eigenvalue weighted by Crippen LogP contribution is 2.39. The number of carbonyl (C=O) groups excluding carboxylic acids is 1. The van der Waals surface area contributed by atoms with Crippen LogP contribution in [0.2, 0.25) is 0 Å². The zero-order valence-electron chi connectivity index (χ0n) is 12.2. The van der Waals surface area contributed by atoms with Crippen molar-refractivity contribution in [2.24, 2.45) is 0 Å². The normalized spacial score (nSPS) is 28.5. The van der Waals surface area contributed by atoms with Gasteiger partial charge in [-0.3, -0.25) is 4.79 Å². The van der Waals surface area contributed by atoms with Gasteiger partial charge in [-0.05, 0) is 30.4 Å². The average molecular weight is 308 g/mol. The third kappa shape index (κ3) is 3.19. The highest BCUT2D eigenvalue weighted by atomic mass is 32.2. The van der Waals surface area contributed by atoms with Crippen LogP contribution in [0.15, 0.2) is 18.2 Å². The Morgan fingerprint density at radius 2 is 2.38 bits per heavy atom. The molecule has 2 aliphatic heterocycles. The predicted molar refractivity (Wildman–Crippen MR) is 82.7 cm³/mol. The SMILES string of the molecule is COc1ccc(OC2CCOC3(CCSC3)C2)c(C=O)c1. The molecular formula is C16H20O4S. The molecule has 2 atom stereocenters. The van der Waals surface area contributed by atoms with Gasteiger partial charge >= 0.3 is 0 Å². The second-order valence-electron chi connectivity index (χ2n) is 5.59. The largest absolute Gasteiger partial charge is 0.497 e. The number of hydrogen-bond acceptors (Lipinski definition) is 5. The number of benzene rings is 1. The van der Waals surface area contributed by atoms with Gasteiger partial charge in [-0.2, -0.15) is 11.8 Å². The molecule has 2 heterocycles. The molecule has 5 heteroatoms. The van der Waals surface area contributed by atoms with E-state index in [1.165, 1.54) is 0 Å². The quantitative estimate of drug-likeness (QED) is 0.800. The fraction of sp³-hybridized carbons (Fsp3) is 0.562. The number of hydrogen-bond donors (Lipinski definition) is 0. The lowest BCUT2D eigenvalue weighted by Crippen LogP contribution is -2.43. The number of thioether (sulfide) groups is 1. The average Bonchev–Trinajstić information content (AvgIpc) is 2.95. The summed E-state index contributed by atoms with van der Waals surface area (Å²) < 4.78 is 17.2. The van der Waals surface area contributed by atoms with E-state index in [2.05, 4.69) is 0 Å². The Hall–Kier alpha value is -1.20. The van der Waals surface area contributed by atoms with Crippen molar-refractivity contribution in [2.45, 2.75) is 31.0 Å². The van der Waals surface area contributed by atoms with E-state index in [1.54, 1.807) is 13.2 Å². The van der Waals surface area contributed by atoms with Crippen molar-refractivity contribution in [3.05, 3.63) is 23.8 Å². The maximum Gasteiger partial charge on any atom is 0.153 e. The van der Waals surface area contributed by atoms with Crippen molar-refractivity contribution in [1.82, 2.24) is 0 Å². The highest BCUT2D eigenvalue weighted by Gasteiger charge is 2.41. The van der Waals surface area contributed by atoms with Crippen LogP contribution < -0.4 is 9.47 Å². The van der Waals surface area contributed by atoms with E-state index in [0.717, 1.165) is 43.7 Å². The van der Waals surface area contributed by atoms with Crippen molar-refractivity contribution in [3.63, 3.8) is 0 Å². The van der Waals surface area contributed by atoms with Crippen molar-refractivity contribution in [3.8, 4) is 11.5 Å². The number of aldehydes is 1. The maximum atomic E-state index is 11.2. The minimum Gasteiger partial charge on any atom is -0.497 e. The Morgan fingerprint density at radius 3 is 3.10 bits per heavy atom. The minimum absolute atomic E-state index is 0.0125. The molecule has 114 valence electrons. The second kappa shape index (κ2) is 6.28. The third-order valence-electron chi connectivity index (χ3n) is 4.15. The van der Waals surface area contributed by atoms with E-state index in [9.17, 15) is 4.79 Å². The van der Waals surface area contributed by atoms with Gasteiger partial charge < -0.3 is 14.2 Å². The lowest BCUT2D eigenvalue weighted by atomic mass is 9.91. The van der Waals surface area contributed by atoms with Crippen molar-refractivity contribution >= 4 is 18.0 Å². The maximum absolute atomic E-state index is 11.2. The molecule has 0 radical (unpaired) electrons. The van der Waals surface area contributed by atoms with Crippen LogP contribution in [0.1, 0.15) is 29.6 Å². The second-order valence-corrected chi connectivity index (χ2v) is 6.69. The van der Waals surface area contributed by atoms with Gasteiger partial charge in [0.1, 0.15) is 17.6 Å². The molecule has 0 amide bonds. The van der Waals surface area contributed by atoms with Crippen LogP contribution in [0.4, 0.5) is 0 Å². The van der Waals surface area contributed by atoms with E-state index in [0.29, 0.717) is 17.1 Å². The van der Waals surface area contributed by atoms with Crippen molar-refractivity contribution in [2.75, 3.05) is 25.2 Å². The number of carbonyl (C=O) groups is 1. The highest BCUT2D eigenvalue weighted by molar-refractivity contribution is 7.99. The molecule has 3 rings (SSSR count). The molecule has 0 saturated carbocycles. The Bertz CT molecular complexity index is 511. The zero-order chi connectivity index (χ0) is 14.7. The van der Waals surface area contributed by atoms with E-state index < -0.39 is 0 Å². The molecule has 1 spiro atoms. The first-order valence-electron chi connectivity index (χ1n) is 7.26. The van der Waals surface area contributed by atoms with E-state index in [4.69, 9.17) is 14.2 Å². The van der Waals surface area contributed by atoms with E-state index in [1.807, 2.05) is 23.9 Å². The standard InChI is InChI=1S/C16H20O4S/c1-18-13-2-3-15(12(8-13)10-17)20-14-4-6-19-16(9-14)5-7-21-11-16/h2-3,8,10,14H,4-7,9,11H2,1H3. The molecule has 0 N–H and O–H groups in total. The molecule has 0 bridgehead atoms. The van der Waals surface area contributed by atoms with Gasteiger partial charge in [-0.25, -0.2) is 0 Å². The van der Waals surface area contributed by atoms with Gasteiger partial charge in [-0.1, -0.05) is 0 Å². The molecular weight excluding hydrogens is 288 g/mol. The van der Waals surface area contributed by atoms with Crippen LogP contribution in [-0.4, -0.2) is 43.2 Å². The zero-order valence-corrected chi connectivity index (χ0v) is 13.0. The summed E-state index contributed by atoms with van der Waals surface area (Å²) in [7, 11) is 1.59. The van der Waals surface area contributed by atoms with Gasteiger partial charge in [0.2, 0.25) is 0 Å². The van der Waals surface area contributed by atoms with Crippen LogP contribution >= 0.6 is 11.8 Å². The fourth-order valence-corrected chi connectivity index (χ4v) is 4.36. The summed E-state index contributed by atoms with van der Waals surface area (Å²) in [6.45, 7) is 0.734. The van der Waals surface area contributed by atoms with E-state index in [-0.39, 0.29) is 11.7 Å². The number of ether oxygens (including phenoxy) is 3. The van der Waals surface area contributed by atoms with Gasteiger partial charge in [-0.15, -0.1) is 0 Å². The summed E-state index contributed by atoms with van der Waals surface area (Å²) in [5, 5.41) is 0. The number of rotatable bonds is 4. The molecule has 2 unspecified atom stereocenters. The Kier molecular flexibility index (Phi) is 4.40. The summed E-state index contributed by atoms with van der Waals surface area (Å²) >= 11 is 1.95. The molecule has 21 heavy (non-hydrogen) atoms. The van der Waals surface area contributed by atoms with Gasteiger partial charge in [0.05, 0.1) is 24.9 Å². The summed E-state index contributed by atoms with van der Waals surface area (Å²) in [5.41, 5.74) is 0.525. The van der Waals surface area contributed by atoms with Crippen LogP contribution in [-0.2, 0) is 4.74 Å².